The molecule has 2 atom stereocenters. The first-order valence-corrected chi connectivity index (χ1v) is 30.0. The van der Waals surface area contributed by atoms with Crippen LogP contribution in [0.2, 0.25) is 49.6 Å². The molecule has 0 aliphatic carbocycles. The zero-order valence-corrected chi connectivity index (χ0v) is 34.3. The minimum atomic E-state index is -2.26. The Balaban J connectivity index is 5.90. The van der Waals surface area contributed by atoms with E-state index in [1.54, 1.807) is 0 Å². The first kappa shape index (κ1) is 39.6. The van der Waals surface area contributed by atoms with Gasteiger partial charge >= 0.3 is 255 Å². The molecule has 0 aromatic rings. The van der Waals surface area contributed by atoms with Crippen molar-refractivity contribution in [1.82, 2.24) is 0 Å². The molecule has 0 aliphatic rings. The summed E-state index contributed by atoms with van der Waals surface area (Å²) in [5.41, 5.74) is 1.43. The predicted molar refractivity (Wildman–Crippen MR) is 187 cm³/mol. The van der Waals surface area contributed by atoms with Crippen LogP contribution >= 0.6 is 0 Å². The molecule has 0 radical (unpaired) electrons. The molecule has 0 aromatic heterocycles. The quantitative estimate of drug-likeness (QED) is 0.0994. The predicted octanol–water partition coefficient (Wildman–Crippen LogP) is 12.5. The normalized spacial score (nSPS) is 16.2. The molecule has 0 amide bonds. The molecule has 0 N–H and O–H groups in total. The van der Waals surface area contributed by atoms with Crippen LogP contribution < -0.4 is 0 Å². The monoisotopic (exact) mass is 688 g/mol. The molecule has 0 aromatic carbocycles. The number of hydrogen-bond acceptors (Lipinski definition) is 2. The Morgan fingerprint density at radius 1 is 0.744 bits per heavy atom. The summed E-state index contributed by atoms with van der Waals surface area (Å²) in [5.74, 6) is 0. The first-order valence-electron chi connectivity index (χ1n) is 16.5. The third-order valence-electron chi connectivity index (χ3n) is 9.65. The van der Waals surface area contributed by atoms with Crippen LogP contribution in [0.25, 0.3) is 0 Å². The third kappa shape index (κ3) is 15.1. The fourth-order valence-corrected chi connectivity index (χ4v) is 22.0. The van der Waals surface area contributed by atoms with Crippen LogP contribution in [0.3, 0.4) is 0 Å². The molecule has 5 heteroatoms. The van der Waals surface area contributed by atoms with E-state index in [1.807, 2.05) is 0 Å². The molecule has 232 valence electrons. The molecule has 0 bridgehead atoms. The van der Waals surface area contributed by atoms with Crippen LogP contribution in [0.15, 0.2) is 21.8 Å². The van der Waals surface area contributed by atoms with Gasteiger partial charge in [-0.25, -0.2) is 0 Å². The Morgan fingerprint density at radius 3 is 1.54 bits per heavy atom. The summed E-state index contributed by atoms with van der Waals surface area (Å²) in [6.45, 7) is 35.3. The minimum absolute atomic E-state index is 0.208. The van der Waals surface area contributed by atoms with E-state index >= 15 is 0 Å². The van der Waals surface area contributed by atoms with Crippen LogP contribution in [0.1, 0.15) is 128 Å². The van der Waals surface area contributed by atoms with Gasteiger partial charge < -0.3 is 0 Å². The van der Waals surface area contributed by atoms with Crippen LogP contribution in [-0.2, 0) is 8.85 Å². The van der Waals surface area contributed by atoms with Gasteiger partial charge in [0.2, 0.25) is 0 Å². The summed E-state index contributed by atoms with van der Waals surface area (Å²) in [4.78, 5) is 0. The van der Waals surface area contributed by atoms with Crippen LogP contribution in [0.4, 0.5) is 0 Å². The zero-order valence-electron chi connectivity index (χ0n) is 29.5. The average Bonchev–Trinajstić information content (AvgIpc) is 2.79. The molecule has 2 nitrogen and oxygen atoms in total. The molecule has 0 rings (SSSR count). The van der Waals surface area contributed by atoms with Crippen molar-refractivity contribution >= 4 is 35.0 Å². The van der Waals surface area contributed by atoms with Crippen LogP contribution in [-0.4, -0.2) is 47.2 Å². The zero-order chi connectivity index (χ0) is 30.5. The van der Waals surface area contributed by atoms with E-state index in [0.29, 0.717) is 0 Å². The maximum absolute atomic E-state index is 7.05. The number of hydrogen-bond donors (Lipinski definition) is 0. The van der Waals surface area contributed by atoms with Crippen molar-refractivity contribution in [2.24, 2.45) is 0 Å². The fourth-order valence-electron chi connectivity index (χ4n) is 4.79. The van der Waals surface area contributed by atoms with E-state index in [2.05, 4.69) is 119 Å². The van der Waals surface area contributed by atoms with Gasteiger partial charge in [0.1, 0.15) is 0 Å². The summed E-state index contributed by atoms with van der Waals surface area (Å²) in [6, 6.07) is 0. The molecule has 0 fully saturated rings. The first-order chi connectivity index (χ1) is 17.8. The Kier molecular flexibility index (Phi) is 18.0. The van der Waals surface area contributed by atoms with Crippen molar-refractivity contribution < 1.29 is 8.85 Å². The van der Waals surface area contributed by atoms with Crippen molar-refractivity contribution in [1.29, 1.82) is 0 Å². The van der Waals surface area contributed by atoms with Crippen molar-refractivity contribution in [2.45, 2.75) is 189 Å². The van der Waals surface area contributed by atoms with Crippen molar-refractivity contribution in [2.75, 3.05) is 0 Å². The summed E-state index contributed by atoms with van der Waals surface area (Å²) in [5, 5.41) is 0.434. The second kappa shape index (κ2) is 17.7. The maximum atomic E-state index is 7.05. The van der Waals surface area contributed by atoms with Crippen molar-refractivity contribution in [3.63, 3.8) is 0 Å². The van der Waals surface area contributed by atoms with Gasteiger partial charge in [-0.1, -0.05) is 0 Å². The van der Waals surface area contributed by atoms with E-state index in [0.717, 1.165) is 12.8 Å². The molecule has 39 heavy (non-hydrogen) atoms. The molecule has 0 saturated carbocycles. The molecule has 0 unspecified atom stereocenters. The second-order valence-corrected chi connectivity index (χ2v) is 38.1. The van der Waals surface area contributed by atoms with Crippen LogP contribution in [0.5, 0.6) is 0 Å². The number of rotatable bonds is 19. The molecular formula is C34H72O2Si2Sn. The fraction of sp³-hybridized carbons (Fsp3) is 0.882. The van der Waals surface area contributed by atoms with Gasteiger partial charge in [-0.15, -0.1) is 0 Å². The van der Waals surface area contributed by atoms with E-state index in [-0.39, 0.29) is 22.3 Å². The van der Waals surface area contributed by atoms with Gasteiger partial charge in [0.05, 0.1) is 0 Å². The van der Waals surface area contributed by atoms with Gasteiger partial charge in [0.15, 0.2) is 0 Å². The number of allylic oxidation sites excluding steroid dienone is 2. The van der Waals surface area contributed by atoms with Gasteiger partial charge in [0, 0.05) is 0 Å². The van der Waals surface area contributed by atoms with E-state index in [4.69, 9.17) is 8.85 Å². The SMILES string of the molecule is CCC[CH2][Sn](/[CH]=C/C(C)=C/C[C@H](C[C@H](C)O[Si](C)(C)C(C)(C)C)O[Si](C)(C)C(C)(C)C)([CH2]CCC)[CH2]CCC. The number of unbranched alkanes of at least 4 members (excludes halogenated alkanes) is 3. The third-order valence-corrected chi connectivity index (χ3v) is 32.8. The molecule has 0 saturated heterocycles. The second-order valence-electron chi connectivity index (χ2n) is 15.6. The Bertz CT molecular complexity index is 707. The topological polar surface area (TPSA) is 18.5 Å². The van der Waals surface area contributed by atoms with Crippen molar-refractivity contribution in [3.05, 3.63) is 21.8 Å². The Morgan fingerprint density at radius 2 is 1.15 bits per heavy atom. The van der Waals surface area contributed by atoms with Gasteiger partial charge in [-0.05, 0) is 0 Å². The van der Waals surface area contributed by atoms with E-state index in [1.165, 1.54) is 57.4 Å². The Labute approximate surface area is 253 Å². The molecule has 0 spiro atoms. The molecule has 0 aliphatic heterocycles. The van der Waals surface area contributed by atoms with Gasteiger partial charge in [-0.2, -0.15) is 0 Å². The molecular weight excluding hydrogens is 615 g/mol. The summed E-state index contributed by atoms with van der Waals surface area (Å²) < 4.78 is 21.3. The van der Waals surface area contributed by atoms with Crippen LogP contribution in [0, 0.1) is 0 Å². The summed E-state index contributed by atoms with van der Waals surface area (Å²) in [6.07, 6.45) is 15.7. The summed E-state index contributed by atoms with van der Waals surface area (Å²) >= 11 is -2.26. The Hall–Kier alpha value is 0.632. The molecule has 0 heterocycles. The summed E-state index contributed by atoms with van der Waals surface area (Å²) in [7, 11) is -3.68. The van der Waals surface area contributed by atoms with Crippen molar-refractivity contribution in [3.8, 4) is 0 Å². The van der Waals surface area contributed by atoms with Gasteiger partial charge in [-0.3, -0.25) is 0 Å². The standard InChI is InChI=1S/C22H45O2Si2.3C4H9.Sn/c1-14-18(2)15-16-20(24-26(12,13)22(7,8)9)17-19(3)23-25(10,11)21(4,5)6;3*1-3-4-2;/h1,14-15,19-20H,16-17H2,2-13H3;3*1,3-4H2,2H3;/b14-1?,18-15+;;;;/t19-,20+;;;;/m0..../s1. The van der Waals surface area contributed by atoms with Gasteiger partial charge in [0.25, 0.3) is 0 Å². The van der Waals surface area contributed by atoms with E-state index in [9.17, 15) is 0 Å². The van der Waals surface area contributed by atoms with E-state index < -0.39 is 35.0 Å². The average molecular weight is 688 g/mol.